The zero-order valence-corrected chi connectivity index (χ0v) is 21.0. The normalized spacial score (nSPS) is 68.9. The third-order valence-electron chi connectivity index (χ3n) is 12.9. The van der Waals surface area contributed by atoms with Crippen LogP contribution in [0.1, 0.15) is 66.7 Å². The second-order valence-corrected chi connectivity index (χ2v) is 13.9. The zero-order chi connectivity index (χ0) is 23.6. The fourth-order valence-electron chi connectivity index (χ4n) is 10.7. The van der Waals surface area contributed by atoms with Crippen LogP contribution >= 0.6 is 0 Å². The van der Waals surface area contributed by atoms with Crippen LogP contribution in [0.2, 0.25) is 0 Å². The summed E-state index contributed by atoms with van der Waals surface area (Å²) in [4.78, 5) is 13.4. The van der Waals surface area contributed by atoms with E-state index in [2.05, 4.69) is 27.7 Å². The van der Waals surface area contributed by atoms with Crippen LogP contribution in [-0.2, 0) is 23.7 Å². The fraction of sp³-hybridized carbons (Fsp3) is 0.893. The minimum atomic E-state index is -1.07. The van der Waals surface area contributed by atoms with Gasteiger partial charge < -0.3 is 24.1 Å². The smallest absolute Gasteiger partial charge is 0.189 e. The first-order chi connectivity index (χ1) is 16.0. The summed E-state index contributed by atoms with van der Waals surface area (Å²) in [5, 5.41) is 11.8. The van der Waals surface area contributed by atoms with Crippen molar-refractivity contribution in [2.75, 3.05) is 0 Å². The number of hydrogen-bond donors (Lipinski definition) is 1. The molecule has 6 heteroatoms. The first kappa shape index (κ1) is 21.3. The van der Waals surface area contributed by atoms with Gasteiger partial charge in [0.2, 0.25) is 0 Å². The highest BCUT2D eigenvalue weighted by Gasteiger charge is 2.80. The molecule has 0 aromatic carbocycles. The van der Waals surface area contributed by atoms with Gasteiger partial charge in [0.25, 0.3) is 0 Å². The lowest BCUT2D eigenvalue weighted by Gasteiger charge is -2.60. The zero-order valence-electron chi connectivity index (χ0n) is 21.0. The highest BCUT2D eigenvalue weighted by Crippen LogP contribution is 2.73. The Morgan fingerprint density at radius 1 is 1.06 bits per heavy atom. The van der Waals surface area contributed by atoms with E-state index in [1.807, 2.05) is 13.0 Å². The molecule has 0 aromatic heterocycles. The van der Waals surface area contributed by atoms with Crippen LogP contribution in [0.5, 0.6) is 0 Å². The number of carbonyl (C=O) groups excluding carboxylic acids is 1. The number of rotatable bonds is 0. The summed E-state index contributed by atoms with van der Waals surface area (Å²) in [6.45, 7) is 11.2. The molecule has 8 rings (SSSR count). The molecule has 4 aliphatic carbocycles. The predicted molar refractivity (Wildman–Crippen MR) is 122 cm³/mol. The summed E-state index contributed by atoms with van der Waals surface area (Å²) in [6, 6.07) is 0. The molecule has 15 atom stereocenters. The number of fused-ring (bicyclic) bond motifs is 14. The monoisotopic (exact) mass is 470 g/mol. The van der Waals surface area contributed by atoms with Gasteiger partial charge >= 0.3 is 0 Å². The van der Waals surface area contributed by atoms with E-state index in [9.17, 15) is 9.90 Å². The highest BCUT2D eigenvalue weighted by molar-refractivity contribution is 5.97. The molecular weight excluding hydrogens is 432 g/mol. The van der Waals surface area contributed by atoms with Gasteiger partial charge in [0.15, 0.2) is 12.1 Å². The first-order valence-corrected chi connectivity index (χ1v) is 13.6. The number of ether oxygens (including phenoxy) is 4. The van der Waals surface area contributed by atoms with Crippen molar-refractivity contribution in [3.63, 3.8) is 0 Å². The minimum absolute atomic E-state index is 0.0629. The Bertz CT molecular complexity index is 1030. The number of hydrogen-bond acceptors (Lipinski definition) is 6. The Kier molecular flexibility index (Phi) is 3.67. The summed E-state index contributed by atoms with van der Waals surface area (Å²) in [6.07, 6.45) is 7.85. The molecule has 0 amide bonds. The van der Waals surface area contributed by atoms with Gasteiger partial charge in [-0.1, -0.05) is 19.9 Å². The molecule has 186 valence electrons. The largest absolute Gasteiger partial charge is 0.386 e. The summed E-state index contributed by atoms with van der Waals surface area (Å²) in [5.74, 6) is 1.77. The average Bonchev–Trinajstić information content (AvgIpc) is 3.65. The molecule has 0 radical (unpaired) electrons. The Morgan fingerprint density at radius 2 is 1.82 bits per heavy atom. The lowest BCUT2D eigenvalue weighted by atomic mass is 9.43. The van der Waals surface area contributed by atoms with Crippen LogP contribution in [0.15, 0.2) is 12.2 Å². The molecule has 4 aliphatic heterocycles. The number of aliphatic hydroxyl groups is 1. The quantitative estimate of drug-likeness (QED) is 0.547. The van der Waals surface area contributed by atoms with Crippen molar-refractivity contribution in [1.29, 1.82) is 0 Å². The molecule has 8 aliphatic rings. The summed E-state index contributed by atoms with van der Waals surface area (Å²) in [7, 11) is 0. The Labute approximate surface area is 201 Å². The van der Waals surface area contributed by atoms with Crippen molar-refractivity contribution in [2.24, 2.45) is 40.4 Å². The maximum atomic E-state index is 13.4. The lowest BCUT2D eigenvalue weighted by molar-refractivity contribution is -0.219. The van der Waals surface area contributed by atoms with Crippen LogP contribution < -0.4 is 0 Å². The van der Waals surface area contributed by atoms with Gasteiger partial charge in [-0.25, -0.2) is 0 Å². The topological polar surface area (TPSA) is 80.8 Å². The van der Waals surface area contributed by atoms with E-state index < -0.39 is 11.0 Å². The summed E-state index contributed by atoms with van der Waals surface area (Å²) in [5.41, 5.74) is -2.21. The first-order valence-electron chi connectivity index (χ1n) is 13.6. The molecule has 0 unspecified atom stereocenters. The number of epoxide rings is 2. The van der Waals surface area contributed by atoms with Crippen molar-refractivity contribution in [1.82, 2.24) is 0 Å². The van der Waals surface area contributed by atoms with Crippen LogP contribution in [0.4, 0.5) is 0 Å². The van der Waals surface area contributed by atoms with Crippen LogP contribution in [0, 0.1) is 40.4 Å². The van der Waals surface area contributed by atoms with E-state index in [0.717, 1.165) is 25.7 Å². The van der Waals surface area contributed by atoms with Gasteiger partial charge in [0.1, 0.15) is 22.9 Å². The van der Waals surface area contributed by atoms with E-state index in [1.54, 1.807) is 6.08 Å². The molecule has 2 bridgehead atoms. The minimum Gasteiger partial charge on any atom is -0.386 e. The molecular formula is C28H38O6. The Morgan fingerprint density at radius 3 is 2.62 bits per heavy atom. The van der Waals surface area contributed by atoms with Gasteiger partial charge in [-0.2, -0.15) is 0 Å². The van der Waals surface area contributed by atoms with E-state index in [0.29, 0.717) is 30.1 Å². The second kappa shape index (κ2) is 5.85. The molecule has 7 fully saturated rings. The molecule has 0 spiro atoms. The van der Waals surface area contributed by atoms with E-state index in [4.69, 9.17) is 18.9 Å². The second-order valence-electron chi connectivity index (χ2n) is 13.9. The van der Waals surface area contributed by atoms with Gasteiger partial charge in [0.05, 0.1) is 23.7 Å². The molecule has 0 aromatic rings. The third-order valence-corrected chi connectivity index (χ3v) is 12.9. The number of allylic oxidation sites excluding steroid dienone is 1. The molecule has 1 N–H and O–H groups in total. The predicted octanol–water partition coefficient (Wildman–Crippen LogP) is 3.40. The van der Waals surface area contributed by atoms with Gasteiger partial charge in [0, 0.05) is 6.42 Å². The molecule has 4 saturated heterocycles. The fourth-order valence-corrected chi connectivity index (χ4v) is 10.7. The van der Waals surface area contributed by atoms with Crippen LogP contribution in [-0.4, -0.2) is 58.4 Å². The van der Waals surface area contributed by atoms with E-state index in [-0.39, 0.29) is 59.0 Å². The number of ketones is 1. The molecule has 6 nitrogen and oxygen atoms in total. The van der Waals surface area contributed by atoms with Crippen molar-refractivity contribution in [3.8, 4) is 0 Å². The Hall–Kier alpha value is -0.790. The van der Waals surface area contributed by atoms with Crippen molar-refractivity contribution in [3.05, 3.63) is 12.2 Å². The summed E-state index contributed by atoms with van der Waals surface area (Å²) >= 11 is 0. The molecule has 4 heterocycles. The maximum absolute atomic E-state index is 13.4. The average molecular weight is 471 g/mol. The third kappa shape index (κ3) is 2.07. The molecule has 34 heavy (non-hydrogen) atoms. The van der Waals surface area contributed by atoms with E-state index >= 15 is 0 Å². The van der Waals surface area contributed by atoms with Gasteiger partial charge in [-0.05, 0) is 87.5 Å². The van der Waals surface area contributed by atoms with Crippen molar-refractivity contribution in [2.45, 2.75) is 114 Å². The highest BCUT2D eigenvalue weighted by atomic mass is 16.8. The van der Waals surface area contributed by atoms with Crippen molar-refractivity contribution >= 4 is 5.78 Å². The molecule has 3 saturated carbocycles. The van der Waals surface area contributed by atoms with Crippen LogP contribution in [0.25, 0.3) is 0 Å². The maximum Gasteiger partial charge on any atom is 0.189 e. The Balaban J connectivity index is 1.19. The van der Waals surface area contributed by atoms with Crippen LogP contribution in [0.3, 0.4) is 0 Å². The standard InChI is InChI=1S/C28H38O6/c1-13-17-12-25(3)27(5,34-25)23(32-17)31-16-11-15-19-14(8-10-24(15,2)20(13)16)26(4)18(29)7-6-9-28(26,30)22-21(19)33-22/h6-7,13-17,19-23,30H,8-12H2,1-5H3/t13-,14-,15+,16-,17-,19-,20+,21+,22+,23+,24+,25+,26+,27-,28+/m1/s1. The summed E-state index contributed by atoms with van der Waals surface area (Å²) < 4.78 is 25.9. The number of carbonyl (C=O) groups is 1. The van der Waals surface area contributed by atoms with Gasteiger partial charge in [-0.3, -0.25) is 4.79 Å². The lowest BCUT2D eigenvalue weighted by Crippen LogP contribution is -2.67. The van der Waals surface area contributed by atoms with Crippen molar-refractivity contribution < 1.29 is 28.8 Å². The van der Waals surface area contributed by atoms with Gasteiger partial charge in [-0.15, -0.1) is 0 Å². The van der Waals surface area contributed by atoms with E-state index in [1.165, 1.54) is 0 Å². The SMILES string of the molecule is C[C@H]1[C@H]2[C@@H](C[C@H]3[C@@H]4[C@@H]5O[C@@H]5[C@@]5(O)CC=CC(=O)[C@]5(C)[C@@H]4CC[C@]23C)O[C@H]2O[C@@H]1C[C@]1(C)O[C@]21C.